The Bertz CT molecular complexity index is 1010. The number of urea groups is 2. The van der Waals surface area contributed by atoms with E-state index in [1.165, 1.54) is 4.90 Å². The van der Waals surface area contributed by atoms with Crippen molar-refractivity contribution < 1.29 is 19.1 Å². The highest BCUT2D eigenvalue weighted by Gasteiger charge is 2.39. The molecule has 9 heteroatoms. The van der Waals surface area contributed by atoms with Crippen LogP contribution in [-0.2, 0) is 9.53 Å². The fourth-order valence-corrected chi connectivity index (χ4v) is 4.80. The van der Waals surface area contributed by atoms with Gasteiger partial charge in [0.15, 0.2) is 0 Å². The molecule has 1 aromatic carbocycles. The zero-order valence-electron chi connectivity index (χ0n) is 22.0. The molecule has 35 heavy (non-hydrogen) atoms. The number of piperazine rings is 1. The molecule has 9 nitrogen and oxygen atoms in total. The average Bonchev–Trinajstić information content (AvgIpc) is 2.76. The van der Waals surface area contributed by atoms with Crippen molar-refractivity contribution in [2.24, 2.45) is 0 Å². The van der Waals surface area contributed by atoms with Crippen LogP contribution in [0.15, 0.2) is 29.5 Å². The van der Waals surface area contributed by atoms with Crippen molar-refractivity contribution in [2.45, 2.75) is 59.7 Å². The first-order chi connectivity index (χ1) is 16.5. The quantitative estimate of drug-likeness (QED) is 0.605. The molecule has 1 fully saturated rings. The van der Waals surface area contributed by atoms with E-state index in [0.717, 1.165) is 16.7 Å². The van der Waals surface area contributed by atoms with Gasteiger partial charge in [-0.25, -0.2) is 14.4 Å². The molecule has 2 N–H and O–H groups in total. The fraction of sp³-hybridized carbons (Fsp3) is 0.577. The normalized spacial score (nSPS) is 21.3. The molecule has 2 atom stereocenters. The van der Waals surface area contributed by atoms with Crippen LogP contribution in [0.5, 0.6) is 0 Å². The van der Waals surface area contributed by atoms with E-state index in [1.54, 1.807) is 14.0 Å². The lowest BCUT2D eigenvalue weighted by Gasteiger charge is -2.42. The molecule has 0 saturated carbocycles. The number of likely N-dealkylation sites (N-methyl/N-ethyl adjacent to an activating group) is 1. The van der Waals surface area contributed by atoms with E-state index in [4.69, 9.17) is 4.74 Å². The molecule has 0 aromatic heterocycles. The van der Waals surface area contributed by atoms with Crippen LogP contribution in [0.2, 0.25) is 0 Å². The third kappa shape index (κ3) is 5.96. The summed E-state index contributed by atoms with van der Waals surface area (Å²) in [5, 5.41) is 5.95. The second-order valence-corrected chi connectivity index (χ2v) is 9.76. The Morgan fingerprint density at radius 3 is 2.54 bits per heavy atom. The van der Waals surface area contributed by atoms with E-state index in [1.807, 2.05) is 57.7 Å². The van der Waals surface area contributed by atoms with Gasteiger partial charge < -0.3 is 20.3 Å². The zero-order chi connectivity index (χ0) is 25.9. The summed E-state index contributed by atoms with van der Waals surface area (Å²) < 4.78 is 5.45. The second kappa shape index (κ2) is 11.1. The lowest BCUT2D eigenvalue weighted by molar-refractivity contribution is -0.139. The molecule has 2 aliphatic heterocycles. The summed E-state index contributed by atoms with van der Waals surface area (Å²) in [6, 6.07) is 5.14. The predicted molar refractivity (Wildman–Crippen MR) is 135 cm³/mol. The minimum Gasteiger partial charge on any atom is -0.463 e. The largest absolute Gasteiger partial charge is 0.463 e. The van der Waals surface area contributed by atoms with E-state index in [9.17, 15) is 14.4 Å². The monoisotopic (exact) mass is 485 g/mol. The highest BCUT2D eigenvalue weighted by atomic mass is 16.5. The van der Waals surface area contributed by atoms with Crippen LogP contribution in [-0.4, -0.2) is 84.6 Å². The first-order valence-electron chi connectivity index (χ1n) is 12.3. The summed E-state index contributed by atoms with van der Waals surface area (Å²) in [5.74, 6) is -0.428. The van der Waals surface area contributed by atoms with Crippen molar-refractivity contribution >= 4 is 18.0 Å². The standard InChI is InChI=1S/C26H39N5O4/c1-8-35-24(32)22-21(15-30-11-12-31(19(6)14-30)26(34)27-16(2)3)29(7)25(33)28-23(22)20-10-9-17(4)13-18(20)5/h9-10,13,16,19,23H,8,11-12,14-15H2,1-7H3,(H,27,34)(H,28,33)/t19-,23-/m1/s1. The summed E-state index contributed by atoms with van der Waals surface area (Å²) in [5.41, 5.74) is 4.07. The number of nitrogens with zero attached hydrogens (tertiary/aromatic N) is 3. The number of ether oxygens (including phenoxy) is 1. The van der Waals surface area contributed by atoms with Crippen LogP contribution >= 0.6 is 0 Å². The molecule has 3 rings (SSSR count). The smallest absolute Gasteiger partial charge is 0.338 e. The maximum atomic E-state index is 13.2. The molecule has 0 spiro atoms. The molecule has 192 valence electrons. The molecule has 0 radical (unpaired) electrons. The van der Waals surface area contributed by atoms with Crippen LogP contribution < -0.4 is 10.6 Å². The highest BCUT2D eigenvalue weighted by Crippen LogP contribution is 2.33. The third-order valence-corrected chi connectivity index (χ3v) is 6.57. The van der Waals surface area contributed by atoms with Crippen molar-refractivity contribution in [1.29, 1.82) is 0 Å². The van der Waals surface area contributed by atoms with Gasteiger partial charge in [0, 0.05) is 51.0 Å². The van der Waals surface area contributed by atoms with Gasteiger partial charge in [0.25, 0.3) is 0 Å². The Kier molecular flexibility index (Phi) is 8.43. The molecule has 4 amide bonds. The van der Waals surface area contributed by atoms with Gasteiger partial charge >= 0.3 is 18.0 Å². The van der Waals surface area contributed by atoms with Crippen molar-refractivity contribution in [3.8, 4) is 0 Å². The number of hydrogen-bond donors (Lipinski definition) is 2. The van der Waals surface area contributed by atoms with Crippen molar-refractivity contribution in [3.05, 3.63) is 46.2 Å². The van der Waals surface area contributed by atoms with E-state index in [-0.39, 0.29) is 30.8 Å². The number of amides is 4. The Balaban J connectivity index is 1.93. The molecule has 0 unspecified atom stereocenters. The maximum absolute atomic E-state index is 13.2. The zero-order valence-corrected chi connectivity index (χ0v) is 22.0. The van der Waals surface area contributed by atoms with Gasteiger partial charge in [-0.15, -0.1) is 0 Å². The van der Waals surface area contributed by atoms with Crippen molar-refractivity contribution in [2.75, 3.05) is 39.8 Å². The molecular formula is C26H39N5O4. The fourth-order valence-electron chi connectivity index (χ4n) is 4.80. The van der Waals surface area contributed by atoms with Gasteiger partial charge in [0.2, 0.25) is 0 Å². The van der Waals surface area contributed by atoms with Gasteiger partial charge in [-0.05, 0) is 52.7 Å². The van der Waals surface area contributed by atoms with Crippen molar-refractivity contribution in [3.63, 3.8) is 0 Å². The second-order valence-electron chi connectivity index (χ2n) is 9.76. The lowest BCUT2D eigenvalue weighted by Crippen LogP contribution is -2.58. The molecule has 0 bridgehead atoms. The number of nitrogens with one attached hydrogen (secondary N) is 2. The molecule has 1 aromatic rings. The van der Waals surface area contributed by atoms with Crippen LogP contribution in [0.1, 0.15) is 50.4 Å². The molecule has 2 aliphatic rings. The molecule has 2 heterocycles. The topological polar surface area (TPSA) is 94.2 Å². The number of aryl methyl sites for hydroxylation is 2. The summed E-state index contributed by atoms with van der Waals surface area (Å²) in [7, 11) is 1.68. The van der Waals surface area contributed by atoms with Gasteiger partial charge in [0.05, 0.1) is 18.2 Å². The minimum atomic E-state index is -0.594. The summed E-state index contributed by atoms with van der Waals surface area (Å²) in [6.45, 7) is 14.2. The number of rotatable bonds is 6. The lowest BCUT2D eigenvalue weighted by atomic mass is 9.90. The van der Waals surface area contributed by atoms with Crippen LogP contribution in [0.25, 0.3) is 0 Å². The van der Waals surface area contributed by atoms with Gasteiger partial charge in [-0.2, -0.15) is 0 Å². The van der Waals surface area contributed by atoms with Crippen molar-refractivity contribution in [1.82, 2.24) is 25.3 Å². The van der Waals surface area contributed by atoms with Crippen LogP contribution in [0.4, 0.5) is 9.59 Å². The Hall–Kier alpha value is -3.07. The number of carbonyl (C=O) groups excluding carboxylic acids is 3. The molecular weight excluding hydrogens is 446 g/mol. The summed E-state index contributed by atoms with van der Waals surface area (Å²) >= 11 is 0. The van der Waals surface area contributed by atoms with Gasteiger partial charge in [-0.3, -0.25) is 9.80 Å². The predicted octanol–water partition coefficient (Wildman–Crippen LogP) is 2.94. The van der Waals surface area contributed by atoms with E-state index in [2.05, 4.69) is 15.5 Å². The van der Waals surface area contributed by atoms with E-state index in [0.29, 0.717) is 37.4 Å². The van der Waals surface area contributed by atoms with Gasteiger partial charge in [-0.1, -0.05) is 23.8 Å². The van der Waals surface area contributed by atoms with Crippen LogP contribution in [0.3, 0.4) is 0 Å². The Labute approximate surface area is 208 Å². The van der Waals surface area contributed by atoms with E-state index >= 15 is 0 Å². The SMILES string of the molecule is CCOC(=O)C1=C(CN2CCN(C(=O)NC(C)C)[C@H](C)C2)N(C)C(=O)N[C@@H]1c1ccc(C)cc1C. The summed E-state index contributed by atoms with van der Waals surface area (Å²) in [6.07, 6.45) is 0. The van der Waals surface area contributed by atoms with Crippen LogP contribution in [0, 0.1) is 13.8 Å². The summed E-state index contributed by atoms with van der Waals surface area (Å²) in [4.78, 5) is 44.3. The highest BCUT2D eigenvalue weighted by molar-refractivity contribution is 5.95. The number of esters is 1. The number of hydrogen-bond acceptors (Lipinski definition) is 5. The van der Waals surface area contributed by atoms with Gasteiger partial charge in [0.1, 0.15) is 0 Å². The maximum Gasteiger partial charge on any atom is 0.338 e. The third-order valence-electron chi connectivity index (χ3n) is 6.57. The molecule has 0 aliphatic carbocycles. The van der Waals surface area contributed by atoms with E-state index < -0.39 is 12.0 Å². The average molecular weight is 486 g/mol. The number of carbonyl (C=O) groups is 3. The molecule has 1 saturated heterocycles. The first-order valence-corrected chi connectivity index (χ1v) is 12.3. The first kappa shape index (κ1) is 26.5. The minimum absolute atomic E-state index is 0.00740. The Morgan fingerprint density at radius 1 is 1.23 bits per heavy atom. The Morgan fingerprint density at radius 2 is 1.94 bits per heavy atom. The number of benzene rings is 1.